The third kappa shape index (κ3) is 5.89. The third-order valence-corrected chi connectivity index (χ3v) is 8.28. The zero-order chi connectivity index (χ0) is 25.2. The zero-order valence-electron chi connectivity index (χ0n) is 19.7. The fraction of sp³-hybridized carbons (Fsp3) is 0.280. The Morgan fingerprint density at radius 1 is 1.03 bits per heavy atom. The Balaban J connectivity index is 1.72. The van der Waals surface area contributed by atoms with Gasteiger partial charge in [0.1, 0.15) is 0 Å². The first-order chi connectivity index (χ1) is 16.7. The minimum absolute atomic E-state index is 0.00438. The Morgan fingerprint density at radius 2 is 1.77 bits per heavy atom. The van der Waals surface area contributed by atoms with Crippen LogP contribution in [0.15, 0.2) is 59.5 Å². The SMILES string of the molecule is COc1cc(-c2cccc([AsH2])c2)c(S(=O)(=O)Nc2ccc(Cl)c(O[C@@H]3CCN(C)C3)c2)cc1OC. The topological polar surface area (TPSA) is 77.1 Å². The molecule has 0 aromatic heterocycles. The second-order valence-electron chi connectivity index (χ2n) is 8.37. The van der Waals surface area contributed by atoms with Crippen molar-refractivity contribution in [1.82, 2.24) is 4.90 Å². The standard InChI is InChI=1S/C25H28AsClN2O5S/c1-29-10-9-19(15-29)34-22-12-18(7-8-21(22)27)28-35(30,31)25-14-24(33-3)23(32-2)13-20(25)16-5-4-6-17(26)11-16/h4-8,11-14,19,28H,9-10,15,26H2,1-3H3/t19-/m1/s1. The molecule has 1 fully saturated rings. The molecule has 10 heteroatoms. The maximum atomic E-state index is 13.6. The number of anilines is 1. The Kier molecular flexibility index (Phi) is 7.86. The summed E-state index contributed by atoms with van der Waals surface area (Å²) in [6.07, 6.45) is 0.889. The van der Waals surface area contributed by atoms with Crippen molar-refractivity contribution < 1.29 is 22.6 Å². The Hall–Kier alpha value is -2.38. The Labute approximate surface area is 219 Å². The van der Waals surface area contributed by atoms with E-state index < -0.39 is 10.0 Å². The molecule has 186 valence electrons. The van der Waals surface area contributed by atoms with Gasteiger partial charge in [0.15, 0.2) is 0 Å². The van der Waals surface area contributed by atoms with Crippen LogP contribution in [0, 0.1) is 0 Å². The molecule has 7 nitrogen and oxygen atoms in total. The van der Waals surface area contributed by atoms with Crippen LogP contribution in [0.1, 0.15) is 6.42 Å². The minimum atomic E-state index is -4.02. The second kappa shape index (κ2) is 10.7. The first-order valence-electron chi connectivity index (χ1n) is 11.0. The molecule has 2 atom stereocenters. The van der Waals surface area contributed by atoms with E-state index in [9.17, 15) is 8.42 Å². The molecule has 35 heavy (non-hydrogen) atoms. The Bertz CT molecular complexity index is 1340. The molecule has 4 rings (SSSR count). The molecular formula is C25H28AsClN2O5S. The van der Waals surface area contributed by atoms with Gasteiger partial charge in [-0.15, -0.1) is 0 Å². The molecule has 3 aromatic carbocycles. The molecule has 1 unspecified atom stereocenters. The van der Waals surface area contributed by atoms with Crippen LogP contribution in [0.25, 0.3) is 11.1 Å². The van der Waals surface area contributed by atoms with Crippen molar-refractivity contribution in [2.24, 2.45) is 0 Å². The second-order valence-corrected chi connectivity index (χ2v) is 11.8. The third-order valence-electron chi connectivity index (χ3n) is 5.80. The van der Waals surface area contributed by atoms with E-state index in [0.29, 0.717) is 33.5 Å². The summed E-state index contributed by atoms with van der Waals surface area (Å²) in [6, 6.07) is 15.7. The number of ether oxygens (including phenoxy) is 3. The first-order valence-corrected chi connectivity index (χ1v) is 14.1. The van der Waals surface area contributed by atoms with E-state index in [4.69, 9.17) is 25.8 Å². The number of methoxy groups -OCH3 is 2. The van der Waals surface area contributed by atoms with Gasteiger partial charge in [0.05, 0.1) is 0 Å². The number of benzene rings is 3. The van der Waals surface area contributed by atoms with Crippen molar-refractivity contribution >= 4 is 48.5 Å². The number of nitrogens with zero attached hydrogens (tertiary/aromatic N) is 1. The molecule has 0 bridgehead atoms. The summed E-state index contributed by atoms with van der Waals surface area (Å²) in [5, 5.41) is 0.427. The van der Waals surface area contributed by atoms with E-state index >= 15 is 0 Å². The van der Waals surface area contributed by atoms with Gasteiger partial charge < -0.3 is 4.90 Å². The van der Waals surface area contributed by atoms with Gasteiger partial charge in [-0.05, 0) is 13.5 Å². The van der Waals surface area contributed by atoms with Crippen LogP contribution in [0.5, 0.6) is 17.2 Å². The number of hydrogen-bond acceptors (Lipinski definition) is 6. The average Bonchev–Trinajstić information content (AvgIpc) is 3.24. The van der Waals surface area contributed by atoms with E-state index in [1.165, 1.54) is 37.1 Å². The van der Waals surface area contributed by atoms with Crippen molar-refractivity contribution in [3.05, 3.63) is 59.6 Å². The van der Waals surface area contributed by atoms with Crippen molar-refractivity contribution in [2.75, 3.05) is 39.1 Å². The van der Waals surface area contributed by atoms with Crippen molar-refractivity contribution in [3.8, 4) is 28.4 Å². The summed E-state index contributed by atoms with van der Waals surface area (Å²) < 4.78 is 48.0. The van der Waals surface area contributed by atoms with Gasteiger partial charge in [-0.25, -0.2) is 0 Å². The quantitative estimate of drug-likeness (QED) is 0.414. The predicted molar refractivity (Wildman–Crippen MR) is 142 cm³/mol. The predicted octanol–water partition coefficient (Wildman–Crippen LogP) is 3.17. The Morgan fingerprint density at radius 3 is 2.43 bits per heavy atom. The van der Waals surface area contributed by atoms with E-state index in [1.54, 1.807) is 24.3 Å². The normalized spacial score (nSPS) is 16.2. The van der Waals surface area contributed by atoms with Gasteiger partial charge in [-0.2, -0.15) is 0 Å². The van der Waals surface area contributed by atoms with Crippen LogP contribution >= 0.6 is 11.6 Å². The summed E-state index contributed by atoms with van der Waals surface area (Å²) in [4.78, 5) is 2.25. The van der Waals surface area contributed by atoms with Gasteiger partial charge in [0, 0.05) is 13.1 Å². The van der Waals surface area contributed by atoms with E-state index in [-0.39, 0.29) is 11.0 Å². The molecule has 1 saturated heterocycles. The summed E-state index contributed by atoms with van der Waals surface area (Å²) in [5.74, 6) is 1.21. The number of halogens is 1. The molecule has 3 aromatic rings. The van der Waals surface area contributed by atoms with Crippen LogP contribution < -0.4 is 23.3 Å². The van der Waals surface area contributed by atoms with E-state index in [0.717, 1.165) is 29.4 Å². The fourth-order valence-corrected chi connectivity index (χ4v) is 6.10. The summed E-state index contributed by atoms with van der Waals surface area (Å²) in [7, 11) is 1.01. The van der Waals surface area contributed by atoms with Crippen LogP contribution in [0.4, 0.5) is 5.69 Å². The van der Waals surface area contributed by atoms with Crippen LogP contribution in [-0.4, -0.2) is 70.6 Å². The average molecular weight is 579 g/mol. The van der Waals surface area contributed by atoms with Gasteiger partial charge in [-0.1, -0.05) is 0 Å². The number of hydrogen-bond donors (Lipinski definition) is 1. The molecule has 1 aliphatic heterocycles. The number of likely N-dealkylation sites (tertiary alicyclic amines) is 1. The molecular weight excluding hydrogens is 551 g/mol. The maximum absolute atomic E-state index is 13.6. The van der Waals surface area contributed by atoms with Gasteiger partial charge in [0.25, 0.3) is 0 Å². The zero-order valence-corrected chi connectivity index (χ0v) is 23.7. The van der Waals surface area contributed by atoms with Gasteiger partial charge in [0.2, 0.25) is 0 Å². The van der Waals surface area contributed by atoms with Crippen LogP contribution in [-0.2, 0) is 10.0 Å². The number of likely N-dealkylation sites (N-methyl/N-ethyl adjacent to an activating group) is 1. The van der Waals surface area contributed by atoms with Crippen molar-refractivity contribution in [2.45, 2.75) is 17.4 Å². The number of sulfonamides is 1. The van der Waals surface area contributed by atoms with Gasteiger partial charge in [-0.3, -0.25) is 0 Å². The summed E-state index contributed by atoms with van der Waals surface area (Å²) in [6.45, 7) is 1.73. The fourth-order valence-electron chi connectivity index (χ4n) is 4.05. The van der Waals surface area contributed by atoms with Crippen molar-refractivity contribution in [3.63, 3.8) is 0 Å². The van der Waals surface area contributed by atoms with Crippen LogP contribution in [0.3, 0.4) is 0 Å². The van der Waals surface area contributed by atoms with Crippen LogP contribution in [0.2, 0.25) is 5.02 Å². The van der Waals surface area contributed by atoms with E-state index in [2.05, 4.69) is 9.62 Å². The van der Waals surface area contributed by atoms with Gasteiger partial charge >= 0.3 is 189 Å². The molecule has 1 aliphatic rings. The summed E-state index contributed by atoms with van der Waals surface area (Å²) >= 11 is 7.80. The molecule has 0 amide bonds. The molecule has 0 radical (unpaired) electrons. The first kappa shape index (κ1) is 25.7. The summed E-state index contributed by atoms with van der Waals surface area (Å²) in [5.41, 5.74) is 1.62. The molecule has 0 saturated carbocycles. The monoisotopic (exact) mass is 578 g/mol. The molecule has 0 spiro atoms. The van der Waals surface area contributed by atoms with E-state index in [1.807, 2.05) is 31.3 Å². The number of rotatable bonds is 8. The molecule has 1 heterocycles. The molecule has 1 N–H and O–H groups in total. The number of nitrogens with one attached hydrogen (secondary N) is 1. The molecule has 0 aliphatic carbocycles. The van der Waals surface area contributed by atoms with Crippen molar-refractivity contribution in [1.29, 1.82) is 0 Å².